The number of hydrogen-bond donors (Lipinski definition) is 0. The molecule has 0 aliphatic carbocycles. The van der Waals surface area contributed by atoms with Gasteiger partial charge < -0.3 is 13.9 Å². The summed E-state index contributed by atoms with van der Waals surface area (Å²) >= 11 is 0. The lowest BCUT2D eigenvalue weighted by Gasteiger charge is -2.01. The molecule has 0 bridgehead atoms. The highest BCUT2D eigenvalue weighted by molar-refractivity contribution is 5.51. The largest absolute Gasteiger partial charge is 0.468 e. The maximum absolute atomic E-state index is 10.2. The van der Waals surface area contributed by atoms with Gasteiger partial charge in [0, 0.05) is 18.4 Å². The molecule has 0 amide bonds. The molecule has 1 rings (SSSR count). The van der Waals surface area contributed by atoms with E-state index in [0.717, 1.165) is 12.0 Å². The van der Waals surface area contributed by atoms with Crippen LogP contribution in [0.25, 0.3) is 0 Å². The van der Waals surface area contributed by atoms with Crippen molar-refractivity contribution in [3.8, 4) is 5.95 Å². The highest BCUT2D eigenvalue weighted by atomic mass is 16.6. The zero-order valence-corrected chi connectivity index (χ0v) is 7.24. The summed E-state index contributed by atoms with van der Waals surface area (Å²) in [5, 5.41) is 0. The van der Waals surface area contributed by atoms with Gasteiger partial charge >= 0.3 is 0 Å². The molecule has 0 fully saturated rings. The quantitative estimate of drug-likeness (QED) is 0.645. The summed E-state index contributed by atoms with van der Waals surface area (Å²) in [5.41, 5.74) is 0. The zero-order chi connectivity index (χ0) is 8.97. The molecule has 1 aromatic heterocycles. The molecule has 0 saturated carbocycles. The number of carbonyl (C=O) groups is 1. The standard InChI is InChI=1S/C9H12O3/c1-7(5-6-10)8-3-4-9(11-2)12-8/h3-4,6-7H,5H2,1-2H3. The molecule has 1 atom stereocenters. The fourth-order valence-electron chi connectivity index (χ4n) is 0.969. The number of furan rings is 1. The van der Waals surface area contributed by atoms with E-state index in [-0.39, 0.29) is 5.92 Å². The van der Waals surface area contributed by atoms with Crippen LogP contribution in [0.4, 0.5) is 0 Å². The van der Waals surface area contributed by atoms with Gasteiger partial charge in [0.1, 0.15) is 12.0 Å². The van der Waals surface area contributed by atoms with Crippen molar-refractivity contribution in [1.29, 1.82) is 0 Å². The number of carbonyl (C=O) groups excluding carboxylic acids is 1. The van der Waals surface area contributed by atoms with Gasteiger partial charge in [-0.1, -0.05) is 6.92 Å². The first-order chi connectivity index (χ1) is 5.77. The molecule has 0 N–H and O–H groups in total. The predicted octanol–water partition coefficient (Wildman–Crippen LogP) is 1.98. The first kappa shape index (κ1) is 8.84. The number of rotatable bonds is 4. The van der Waals surface area contributed by atoms with Crippen LogP contribution < -0.4 is 4.74 Å². The third-order valence-corrected chi connectivity index (χ3v) is 1.74. The molecular formula is C9H12O3. The van der Waals surface area contributed by atoms with Gasteiger partial charge in [0.25, 0.3) is 5.95 Å². The Labute approximate surface area is 71.3 Å². The summed E-state index contributed by atoms with van der Waals surface area (Å²) < 4.78 is 10.1. The van der Waals surface area contributed by atoms with Crippen LogP contribution >= 0.6 is 0 Å². The fraction of sp³-hybridized carbons (Fsp3) is 0.444. The van der Waals surface area contributed by atoms with Gasteiger partial charge in [0.2, 0.25) is 0 Å². The molecule has 66 valence electrons. The second-order valence-corrected chi connectivity index (χ2v) is 2.66. The average Bonchev–Trinajstić information content (AvgIpc) is 2.52. The first-order valence-corrected chi connectivity index (χ1v) is 3.85. The molecule has 0 aliphatic heterocycles. The van der Waals surface area contributed by atoms with Crippen LogP contribution in [0.15, 0.2) is 16.5 Å². The molecular weight excluding hydrogens is 156 g/mol. The van der Waals surface area contributed by atoms with Crippen LogP contribution in [0.2, 0.25) is 0 Å². The maximum atomic E-state index is 10.2. The molecule has 1 unspecified atom stereocenters. The third-order valence-electron chi connectivity index (χ3n) is 1.74. The van der Waals surface area contributed by atoms with Crippen molar-refractivity contribution in [3.63, 3.8) is 0 Å². The topological polar surface area (TPSA) is 39.4 Å². The number of ether oxygens (including phenoxy) is 1. The first-order valence-electron chi connectivity index (χ1n) is 3.85. The van der Waals surface area contributed by atoms with E-state index < -0.39 is 0 Å². The van der Waals surface area contributed by atoms with Crippen molar-refractivity contribution in [2.75, 3.05) is 7.11 Å². The van der Waals surface area contributed by atoms with Gasteiger partial charge in [0.15, 0.2) is 0 Å². The van der Waals surface area contributed by atoms with Crippen LogP contribution in [0, 0.1) is 0 Å². The van der Waals surface area contributed by atoms with E-state index in [1.54, 1.807) is 13.2 Å². The highest BCUT2D eigenvalue weighted by Gasteiger charge is 2.09. The SMILES string of the molecule is COc1ccc(C(C)CC=O)o1. The van der Waals surface area contributed by atoms with Crippen LogP contribution in [0.5, 0.6) is 5.95 Å². The number of hydrogen-bond acceptors (Lipinski definition) is 3. The van der Waals surface area contributed by atoms with Crippen LogP contribution in [0.3, 0.4) is 0 Å². The minimum atomic E-state index is 0.131. The Morgan fingerprint density at radius 1 is 1.67 bits per heavy atom. The lowest BCUT2D eigenvalue weighted by Crippen LogP contribution is -1.91. The van der Waals surface area contributed by atoms with Crippen LogP contribution in [-0.4, -0.2) is 13.4 Å². The Hall–Kier alpha value is -1.25. The average molecular weight is 168 g/mol. The molecule has 3 heteroatoms. The van der Waals surface area contributed by atoms with Gasteiger partial charge in [-0.2, -0.15) is 0 Å². The maximum Gasteiger partial charge on any atom is 0.284 e. The van der Waals surface area contributed by atoms with Crippen molar-refractivity contribution in [2.24, 2.45) is 0 Å². The molecule has 1 aromatic rings. The molecule has 3 nitrogen and oxygen atoms in total. The van der Waals surface area contributed by atoms with Gasteiger partial charge in [-0.25, -0.2) is 0 Å². The lowest BCUT2D eigenvalue weighted by molar-refractivity contribution is -0.108. The predicted molar refractivity (Wildman–Crippen MR) is 44.4 cm³/mol. The van der Waals surface area contributed by atoms with Crippen molar-refractivity contribution < 1.29 is 13.9 Å². The van der Waals surface area contributed by atoms with E-state index in [0.29, 0.717) is 12.4 Å². The van der Waals surface area contributed by atoms with E-state index in [4.69, 9.17) is 9.15 Å². The molecule has 0 aliphatic rings. The normalized spacial score (nSPS) is 12.5. The van der Waals surface area contributed by atoms with E-state index in [1.165, 1.54) is 0 Å². The Morgan fingerprint density at radius 2 is 2.42 bits per heavy atom. The van der Waals surface area contributed by atoms with Gasteiger partial charge in [-0.05, 0) is 6.07 Å². The summed E-state index contributed by atoms with van der Waals surface area (Å²) in [5.74, 6) is 1.41. The monoisotopic (exact) mass is 168 g/mol. The highest BCUT2D eigenvalue weighted by Crippen LogP contribution is 2.24. The van der Waals surface area contributed by atoms with E-state index in [9.17, 15) is 4.79 Å². The lowest BCUT2D eigenvalue weighted by atomic mass is 10.1. The Bertz CT molecular complexity index is 252. The molecule has 0 radical (unpaired) electrons. The summed E-state index contributed by atoms with van der Waals surface area (Å²) in [7, 11) is 1.55. The van der Waals surface area contributed by atoms with Crippen molar-refractivity contribution in [3.05, 3.63) is 17.9 Å². The summed E-state index contributed by atoms with van der Waals surface area (Å²) in [6.07, 6.45) is 1.37. The number of aldehydes is 1. The molecule has 1 heterocycles. The van der Waals surface area contributed by atoms with Gasteiger partial charge in [0.05, 0.1) is 7.11 Å². The van der Waals surface area contributed by atoms with Crippen LogP contribution in [0.1, 0.15) is 25.0 Å². The zero-order valence-electron chi connectivity index (χ0n) is 7.24. The number of methoxy groups -OCH3 is 1. The van der Waals surface area contributed by atoms with Crippen molar-refractivity contribution in [1.82, 2.24) is 0 Å². The summed E-state index contributed by atoms with van der Waals surface area (Å²) in [6.45, 7) is 1.94. The van der Waals surface area contributed by atoms with Gasteiger partial charge in [-0.15, -0.1) is 0 Å². The Morgan fingerprint density at radius 3 is 2.92 bits per heavy atom. The summed E-state index contributed by atoms with van der Waals surface area (Å²) in [6, 6.07) is 3.57. The molecule has 0 saturated heterocycles. The Balaban J connectivity index is 2.67. The summed E-state index contributed by atoms with van der Waals surface area (Å²) in [4.78, 5) is 10.2. The minimum Gasteiger partial charge on any atom is -0.468 e. The molecule has 12 heavy (non-hydrogen) atoms. The van der Waals surface area contributed by atoms with E-state index in [1.807, 2.05) is 13.0 Å². The third kappa shape index (κ3) is 1.87. The smallest absolute Gasteiger partial charge is 0.284 e. The fourth-order valence-corrected chi connectivity index (χ4v) is 0.969. The van der Waals surface area contributed by atoms with Crippen molar-refractivity contribution >= 4 is 6.29 Å². The molecule has 0 aromatic carbocycles. The Kier molecular flexibility index (Phi) is 2.91. The van der Waals surface area contributed by atoms with Crippen molar-refractivity contribution in [2.45, 2.75) is 19.3 Å². The van der Waals surface area contributed by atoms with Crippen LogP contribution in [-0.2, 0) is 4.79 Å². The minimum absolute atomic E-state index is 0.131. The molecule has 0 spiro atoms. The van der Waals surface area contributed by atoms with Gasteiger partial charge in [-0.3, -0.25) is 0 Å². The van der Waals surface area contributed by atoms with E-state index >= 15 is 0 Å². The second kappa shape index (κ2) is 3.95. The van der Waals surface area contributed by atoms with E-state index in [2.05, 4.69) is 0 Å². The second-order valence-electron chi connectivity index (χ2n) is 2.66.